The maximum absolute atomic E-state index is 12.2. The van der Waals surface area contributed by atoms with Gasteiger partial charge >= 0.3 is 0 Å². The minimum Gasteiger partial charge on any atom is -0.376 e. The van der Waals surface area contributed by atoms with Crippen molar-refractivity contribution in [2.45, 2.75) is 46.1 Å². The van der Waals surface area contributed by atoms with Gasteiger partial charge in [-0.05, 0) is 19.3 Å². The maximum Gasteiger partial charge on any atom is 0.142 e. The van der Waals surface area contributed by atoms with Gasteiger partial charge in [-0.15, -0.1) is 0 Å². The molecule has 1 aliphatic heterocycles. The van der Waals surface area contributed by atoms with Crippen molar-refractivity contribution < 1.29 is 9.53 Å². The molecule has 2 unspecified atom stereocenters. The third-order valence-corrected chi connectivity index (χ3v) is 4.31. The lowest BCUT2D eigenvalue weighted by Crippen LogP contribution is -2.45. The molecule has 0 radical (unpaired) electrons. The van der Waals surface area contributed by atoms with Crippen LogP contribution in [0.25, 0.3) is 0 Å². The number of carbonyl (C=O) groups excluding carboxylic acids is 1. The van der Waals surface area contributed by atoms with Gasteiger partial charge in [0.2, 0.25) is 0 Å². The lowest BCUT2D eigenvalue weighted by Gasteiger charge is -2.33. The predicted octanol–water partition coefficient (Wildman–Crippen LogP) is 2.10. The van der Waals surface area contributed by atoms with E-state index >= 15 is 0 Å². The van der Waals surface area contributed by atoms with Crippen molar-refractivity contribution in [2.24, 2.45) is 11.3 Å². The minimum absolute atomic E-state index is 0.0822. The Hall–Kier alpha value is -0.410. The Kier molecular flexibility index (Phi) is 3.88. The number of ketones is 1. The summed E-state index contributed by atoms with van der Waals surface area (Å²) in [6.45, 7) is 10.1. The van der Waals surface area contributed by atoms with Crippen molar-refractivity contribution in [1.82, 2.24) is 4.90 Å². The number of hydrogen-bond donors (Lipinski definition) is 0. The van der Waals surface area contributed by atoms with E-state index in [1.807, 2.05) is 0 Å². The molecule has 2 atom stereocenters. The summed E-state index contributed by atoms with van der Waals surface area (Å²) in [5, 5.41) is 0. The molecule has 98 valence electrons. The Balaban J connectivity index is 1.87. The molecule has 0 amide bonds. The zero-order valence-electron chi connectivity index (χ0n) is 11.4. The third kappa shape index (κ3) is 2.89. The molecular formula is C14H25NO2. The van der Waals surface area contributed by atoms with Crippen LogP contribution >= 0.6 is 0 Å². The average molecular weight is 239 g/mol. The van der Waals surface area contributed by atoms with Crippen molar-refractivity contribution in [2.75, 3.05) is 26.2 Å². The second-order valence-corrected chi connectivity index (χ2v) is 6.14. The highest BCUT2D eigenvalue weighted by molar-refractivity contribution is 5.88. The highest BCUT2D eigenvalue weighted by Crippen LogP contribution is 2.37. The van der Waals surface area contributed by atoms with Gasteiger partial charge in [0.15, 0.2) is 0 Å². The second kappa shape index (κ2) is 5.07. The molecule has 0 aromatic rings. The zero-order chi connectivity index (χ0) is 12.5. The van der Waals surface area contributed by atoms with Crippen molar-refractivity contribution in [3.8, 4) is 0 Å². The van der Waals surface area contributed by atoms with E-state index in [1.54, 1.807) is 0 Å². The Bertz CT molecular complexity index is 288. The summed E-state index contributed by atoms with van der Waals surface area (Å²) >= 11 is 0. The summed E-state index contributed by atoms with van der Waals surface area (Å²) < 4.78 is 5.66. The summed E-state index contributed by atoms with van der Waals surface area (Å²) in [5.41, 5.74) is -0.0822. The number of ether oxygens (including phenoxy) is 1. The molecule has 17 heavy (non-hydrogen) atoms. The Labute approximate surface area is 105 Å². The van der Waals surface area contributed by atoms with Crippen LogP contribution in [0.4, 0.5) is 0 Å². The largest absolute Gasteiger partial charge is 0.376 e. The van der Waals surface area contributed by atoms with Gasteiger partial charge in [0.25, 0.3) is 0 Å². The molecule has 0 bridgehead atoms. The lowest BCUT2D eigenvalue weighted by atomic mass is 9.89. The van der Waals surface area contributed by atoms with Crippen LogP contribution in [0.5, 0.6) is 0 Å². The Morgan fingerprint density at radius 2 is 2.24 bits per heavy atom. The Morgan fingerprint density at radius 3 is 2.82 bits per heavy atom. The molecule has 0 aromatic heterocycles. The lowest BCUT2D eigenvalue weighted by molar-refractivity contribution is -0.128. The molecule has 3 nitrogen and oxygen atoms in total. The van der Waals surface area contributed by atoms with Gasteiger partial charge in [-0.2, -0.15) is 0 Å². The van der Waals surface area contributed by atoms with Crippen LogP contribution < -0.4 is 0 Å². The highest BCUT2D eigenvalue weighted by Gasteiger charge is 2.41. The highest BCUT2D eigenvalue weighted by atomic mass is 16.5. The number of Topliss-reactive ketones (excluding diaryl/α,β-unsaturated/α-hetero) is 1. The number of carbonyl (C=O) groups is 1. The minimum atomic E-state index is -0.0822. The molecule has 0 N–H and O–H groups in total. The third-order valence-electron chi connectivity index (χ3n) is 4.31. The van der Waals surface area contributed by atoms with Crippen LogP contribution in [0, 0.1) is 11.3 Å². The van der Waals surface area contributed by atoms with Crippen LogP contribution in [-0.4, -0.2) is 43.0 Å². The van der Waals surface area contributed by atoms with E-state index in [-0.39, 0.29) is 11.3 Å². The Morgan fingerprint density at radius 1 is 1.47 bits per heavy atom. The molecule has 1 saturated heterocycles. The maximum atomic E-state index is 12.2. The van der Waals surface area contributed by atoms with Crippen LogP contribution in [0.2, 0.25) is 0 Å². The van der Waals surface area contributed by atoms with Crippen molar-refractivity contribution in [3.05, 3.63) is 0 Å². The van der Waals surface area contributed by atoms with E-state index in [4.69, 9.17) is 4.74 Å². The number of hydrogen-bond acceptors (Lipinski definition) is 3. The van der Waals surface area contributed by atoms with Crippen LogP contribution in [0.3, 0.4) is 0 Å². The van der Waals surface area contributed by atoms with Gasteiger partial charge in [0.05, 0.1) is 12.7 Å². The summed E-state index contributed by atoms with van der Waals surface area (Å²) in [6.07, 6.45) is 3.56. The SMILES string of the molecule is CCC1CN(CC2CCC(C)(C)C2=O)CCO1. The standard InChI is InChI=1S/C14H25NO2/c1-4-12-10-15(7-8-17-12)9-11-5-6-14(2,3)13(11)16/h11-12H,4-10H2,1-3H3. The first-order valence-corrected chi connectivity index (χ1v) is 6.91. The fourth-order valence-corrected chi connectivity index (χ4v) is 3.02. The summed E-state index contributed by atoms with van der Waals surface area (Å²) in [4.78, 5) is 14.6. The number of rotatable bonds is 3. The first-order chi connectivity index (χ1) is 8.03. The molecule has 0 aromatic carbocycles. The molecule has 2 rings (SSSR count). The van der Waals surface area contributed by atoms with E-state index < -0.39 is 0 Å². The normalized spacial score (nSPS) is 34.2. The van der Waals surface area contributed by atoms with Crippen molar-refractivity contribution >= 4 is 5.78 Å². The average Bonchev–Trinajstić information content (AvgIpc) is 2.57. The number of morpholine rings is 1. The van der Waals surface area contributed by atoms with E-state index in [9.17, 15) is 4.79 Å². The van der Waals surface area contributed by atoms with Crippen molar-refractivity contribution in [3.63, 3.8) is 0 Å². The van der Waals surface area contributed by atoms with Gasteiger partial charge in [-0.1, -0.05) is 20.8 Å². The molecule has 0 spiro atoms. The molecule has 1 saturated carbocycles. The van der Waals surface area contributed by atoms with Gasteiger partial charge in [-0.3, -0.25) is 9.69 Å². The summed E-state index contributed by atoms with van der Waals surface area (Å²) in [5.74, 6) is 0.734. The van der Waals surface area contributed by atoms with Gasteiger partial charge in [0.1, 0.15) is 5.78 Å². The van der Waals surface area contributed by atoms with Gasteiger partial charge in [-0.25, -0.2) is 0 Å². The van der Waals surface area contributed by atoms with E-state index in [1.165, 1.54) is 0 Å². The predicted molar refractivity (Wildman–Crippen MR) is 68.0 cm³/mol. The van der Waals surface area contributed by atoms with Crippen LogP contribution in [-0.2, 0) is 9.53 Å². The smallest absolute Gasteiger partial charge is 0.142 e. The molecule has 1 aliphatic carbocycles. The monoisotopic (exact) mass is 239 g/mol. The molecular weight excluding hydrogens is 214 g/mol. The van der Waals surface area contributed by atoms with Gasteiger partial charge in [0, 0.05) is 31.0 Å². The fourth-order valence-electron chi connectivity index (χ4n) is 3.02. The summed E-state index contributed by atoms with van der Waals surface area (Å²) in [6, 6.07) is 0. The quantitative estimate of drug-likeness (QED) is 0.755. The molecule has 2 aliphatic rings. The van der Waals surface area contributed by atoms with Crippen molar-refractivity contribution in [1.29, 1.82) is 0 Å². The number of nitrogens with zero attached hydrogens (tertiary/aromatic N) is 1. The van der Waals surface area contributed by atoms with Crippen LogP contribution in [0.1, 0.15) is 40.0 Å². The molecule has 3 heteroatoms. The topological polar surface area (TPSA) is 29.5 Å². The summed E-state index contributed by atoms with van der Waals surface area (Å²) in [7, 11) is 0. The van der Waals surface area contributed by atoms with E-state index in [2.05, 4.69) is 25.7 Å². The first-order valence-electron chi connectivity index (χ1n) is 6.91. The van der Waals surface area contributed by atoms with Crippen LogP contribution in [0.15, 0.2) is 0 Å². The first kappa shape index (κ1) is 13.0. The van der Waals surface area contributed by atoms with E-state index in [0.717, 1.165) is 45.5 Å². The van der Waals surface area contributed by atoms with Gasteiger partial charge < -0.3 is 4.74 Å². The fraction of sp³-hybridized carbons (Fsp3) is 0.929. The molecule has 1 heterocycles. The zero-order valence-corrected chi connectivity index (χ0v) is 11.4. The van der Waals surface area contributed by atoms with E-state index in [0.29, 0.717) is 11.9 Å². The molecule has 2 fully saturated rings. The second-order valence-electron chi connectivity index (χ2n) is 6.14.